The highest BCUT2D eigenvalue weighted by Gasteiger charge is 2.15. The first-order valence-corrected chi connectivity index (χ1v) is 7.85. The number of aromatic nitrogens is 2. The molecule has 3 rings (SSSR count). The van der Waals surface area contributed by atoms with Crippen LogP contribution in [0.1, 0.15) is 16.1 Å². The van der Waals surface area contributed by atoms with E-state index in [-0.39, 0.29) is 17.0 Å². The number of carbonyl (C=O) groups is 1. The highest BCUT2D eigenvalue weighted by molar-refractivity contribution is 6.04. The van der Waals surface area contributed by atoms with Gasteiger partial charge < -0.3 is 10.1 Å². The molecular weight excluding hydrogens is 355 g/mol. The zero-order chi connectivity index (χ0) is 19.6. The molecule has 0 unspecified atom stereocenters. The number of amides is 1. The van der Waals surface area contributed by atoms with Crippen LogP contribution in [0.5, 0.6) is 5.75 Å². The van der Waals surface area contributed by atoms with Crippen LogP contribution >= 0.6 is 0 Å². The first-order chi connectivity index (χ1) is 12.9. The van der Waals surface area contributed by atoms with Gasteiger partial charge in [0.1, 0.15) is 5.82 Å². The predicted octanol–water partition coefficient (Wildman–Crippen LogP) is 3.49. The number of hydrogen-bond donors (Lipinski definition) is 1. The Morgan fingerprint density at radius 2 is 1.93 bits per heavy atom. The van der Waals surface area contributed by atoms with Crippen molar-refractivity contribution in [2.24, 2.45) is 0 Å². The first kappa shape index (κ1) is 18.1. The number of benzene rings is 2. The molecular formula is C18H15FN4O4. The van der Waals surface area contributed by atoms with Crippen LogP contribution in [0.4, 0.5) is 15.9 Å². The lowest BCUT2D eigenvalue weighted by Crippen LogP contribution is -2.15. The molecule has 0 bridgehead atoms. The fourth-order valence-corrected chi connectivity index (χ4v) is 2.50. The number of nitrogens with zero attached hydrogens (tertiary/aromatic N) is 3. The summed E-state index contributed by atoms with van der Waals surface area (Å²) in [6, 6.07) is 11.3. The lowest BCUT2D eigenvalue weighted by Gasteiger charge is -2.09. The van der Waals surface area contributed by atoms with Crippen molar-refractivity contribution in [3.8, 4) is 11.4 Å². The van der Waals surface area contributed by atoms with Gasteiger partial charge in [-0.15, -0.1) is 0 Å². The first-order valence-electron chi connectivity index (χ1n) is 7.85. The maximum absolute atomic E-state index is 13.8. The third kappa shape index (κ3) is 3.76. The van der Waals surface area contributed by atoms with Gasteiger partial charge in [-0.2, -0.15) is 5.10 Å². The van der Waals surface area contributed by atoms with E-state index < -0.39 is 16.6 Å². The standard InChI is InChI=1S/C18H15FN4O4/c1-11-9-17(20-18(24)12-3-8-16(27-2)15(19)10-12)22(21-11)13-4-6-14(7-5-13)23(25)26/h3-10H,1-2H3,(H,20,24). The average molecular weight is 370 g/mol. The Morgan fingerprint density at radius 1 is 1.22 bits per heavy atom. The Hall–Kier alpha value is -3.75. The van der Waals surface area contributed by atoms with Gasteiger partial charge >= 0.3 is 0 Å². The molecule has 1 aromatic heterocycles. The van der Waals surface area contributed by atoms with E-state index in [1.165, 1.54) is 48.2 Å². The number of non-ortho nitro benzene ring substituents is 1. The number of carbonyl (C=O) groups excluding carboxylic acids is 1. The van der Waals surface area contributed by atoms with Gasteiger partial charge in [0.05, 0.1) is 23.4 Å². The lowest BCUT2D eigenvalue weighted by atomic mass is 10.2. The molecule has 8 nitrogen and oxygen atoms in total. The summed E-state index contributed by atoms with van der Waals surface area (Å²) in [6.45, 7) is 1.74. The lowest BCUT2D eigenvalue weighted by molar-refractivity contribution is -0.384. The Kier molecular flexibility index (Phi) is 4.84. The van der Waals surface area contributed by atoms with Gasteiger partial charge in [0, 0.05) is 23.8 Å². The van der Waals surface area contributed by atoms with Gasteiger partial charge in [-0.05, 0) is 37.3 Å². The quantitative estimate of drug-likeness (QED) is 0.547. The van der Waals surface area contributed by atoms with Crippen LogP contribution < -0.4 is 10.1 Å². The summed E-state index contributed by atoms with van der Waals surface area (Å²) in [5, 5.41) is 17.7. The molecule has 1 heterocycles. The van der Waals surface area contributed by atoms with Gasteiger partial charge in [-0.3, -0.25) is 14.9 Å². The molecule has 9 heteroatoms. The van der Waals surface area contributed by atoms with Crippen LogP contribution in [0.25, 0.3) is 5.69 Å². The van der Waals surface area contributed by atoms with Crippen LogP contribution in [0.3, 0.4) is 0 Å². The number of ether oxygens (including phenoxy) is 1. The third-order valence-electron chi connectivity index (χ3n) is 3.79. The topological polar surface area (TPSA) is 99.3 Å². The minimum atomic E-state index is -0.648. The van der Waals surface area contributed by atoms with Crippen LogP contribution in [-0.2, 0) is 0 Å². The number of methoxy groups -OCH3 is 1. The normalized spacial score (nSPS) is 10.5. The zero-order valence-electron chi connectivity index (χ0n) is 14.5. The van der Waals surface area contributed by atoms with E-state index >= 15 is 0 Å². The SMILES string of the molecule is COc1ccc(C(=O)Nc2cc(C)nn2-c2ccc([N+](=O)[O-])cc2)cc1F. The Labute approximate surface area is 153 Å². The van der Waals surface area contributed by atoms with E-state index in [0.29, 0.717) is 17.2 Å². The summed E-state index contributed by atoms with van der Waals surface area (Å²) in [5.41, 5.74) is 1.22. The van der Waals surface area contributed by atoms with Gasteiger partial charge in [0.2, 0.25) is 0 Å². The van der Waals surface area contributed by atoms with E-state index in [0.717, 1.165) is 6.07 Å². The maximum Gasteiger partial charge on any atom is 0.269 e. The summed E-state index contributed by atoms with van der Waals surface area (Å²) in [6.07, 6.45) is 0. The number of rotatable bonds is 5. The fourth-order valence-electron chi connectivity index (χ4n) is 2.50. The molecule has 0 saturated heterocycles. The molecule has 27 heavy (non-hydrogen) atoms. The minimum Gasteiger partial charge on any atom is -0.494 e. The summed E-state index contributed by atoms with van der Waals surface area (Å²) in [5.74, 6) is -0.786. The highest BCUT2D eigenvalue weighted by Crippen LogP contribution is 2.22. The van der Waals surface area contributed by atoms with Crippen LogP contribution in [-0.4, -0.2) is 27.7 Å². The van der Waals surface area contributed by atoms with Crippen molar-refractivity contribution in [2.45, 2.75) is 6.92 Å². The molecule has 3 aromatic rings. The Balaban J connectivity index is 1.88. The molecule has 0 fully saturated rings. The monoisotopic (exact) mass is 370 g/mol. The largest absolute Gasteiger partial charge is 0.494 e. The van der Waals surface area contributed by atoms with E-state index in [1.807, 2.05) is 0 Å². The smallest absolute Gasteiger partial charge is 0.269 e. The molecule has 1 N–H and O–H groups in total. The third-order valence-corrected chi connectivity index (χ3v) is 3.79. The average Bonchev–Trinajstić information content (AvgIpc) is 3.01. The van der Waals surface area contributed by atoms with Crippen molar-refractivity contribution < 1.29 is 18.8 Å². The molecule has 2 aromatic carbocycles. The molecule has 1 amide bonds. The molecule has 0 radical (unpaired) electrons. The number of hydrogen-bond acceptors (Lipinski definition) is 5. The molecule has 0 spiro atoms. The molecule has 0 aliphatic carbocycles. The Morgan fingerprint density at radius 3 is 2.52 bits per heavy atom. The molecule has 0 aliphatic heterocycles. The number of nitro benzene ring substituents is 1. The summed E-state index contributed by atoms with van der Waals surface area (Å²) >= 11 is 0. The van der Waals surface area contributed by atoms with E-state index in [9.17, 15) is 19.3 Å². The number of nitrogens with one attached hydrogen (secondary N) is 1. The number of anilines is 1. The molecule has 0 atom stereocenters. The second kappa shape index (κ2) is 7.24. The van der Waals surface area contributed by atoms with Crippen molar-refractivity contribution in [3.05, 3.63) is 75.7 Å². The van der Waals surface area contributed by atoms with Crippen molar-refractivity contribution in [2.75, 3.05) is 12.4 Å². The van der Waals surface area contributed by atoms with Crippen molar-refractivity contribution in [1.29, 1.82) is 0 Å². The molecule has 138 valence electrons. The second-order valence-corrected chi connectivity index (χ2v) is 5.66. The van der Waals surface area contributed by atoms with Crippen LogP contribution in [0.15, 0.2) is 48.5 Å². The van der Waals surface area contributed by atoms with Crippen molar-refractivity contribution in [1.82, 2.24) is 9.78 Å². The zero-order valence-corrected chi connectivity index (χ0v) is 14.5. The van der Waals surface area contributed by atoms with Gasteiger partial charge in [-0.25, -0.2) is 9.07 Å². The van der Waals surface area contributed by atoms with E-state index in [2.05, 4.69) is 10.4 Å². The molecule has 0 aliphatic rings. The second-order valence-electron chi connectivity index (χ2n) is 5.66. The summed E-state index contributed by atoms with van der Waals surface area (Å²) < 4.78 is 20.1. The van der Waals surface area contributed by atoms with Gasteiger partial charge in [0.25, 0.3) is 11.6 Å². The van der Waals surface area contributed by atoms with E-state index in [4.69, 9.17) is 4.74 Å². The predicted molar refractivity (Wildman–Crippen MR) is 95.9 cm³/mol. The maximum atomic E-state index is 13.8. The number of nitro groups is 1. The summed E-state index contributed by atoms with van der Waals surface area (Å²) in [7, 11) is 1.34. The van der Waals surface area contributed by atoms with Crippen molar-refractivity contribution >= 4 is 17.4 Å². The van der Waals surface area contributed by atoms with E-state index in [1.54, 1.807) is 13.0 Å². The molecule has 0 saturated carbocycles. The van der Waals surface area contributed by atoms with Gasteiger partial charge in [0.15, 0.2) is 11.6 Å². The van der Waals surface area contributed by atoms with Crippen molar-refractivity contribution in [3.63, 3.8) is 0 Å². The minimum absolute atomic E-state index is 0.0401. The number of aryl methyl sites for hydroxylation is 1. The summed E-state index contributed by atoms with van der Waals surface area (Å²) in [4.78, 5) is 22.7. The Bertz CT molecular complexity index is 1010. The van der Waals surface area contributed by atoms with Crippen LogP contribution in [0.2, 0.25) is 0 Å². The van der Waals surface area contributed by atoms with Gasteiger partial charge in [-0.1, -0.05) is 0 Å². The van der Waals surface area contributed by atoms with Crippen LogP contribution in [0, 0.1) is 22.9 Å². The highest BCUT2D eigenvalue weighted by atomic mass is 19.1. The fraction of sp³-hybridized carbons (Fsp3) is 0.111. The number of halogens is 1.